The Morgan fingerprint density at radius 1 is 1.00 bits per heavy atom. The van der Waals surface area contributed by atoms with Crippen molar-refractivity contribution in [2.24, 2.45) is 0 Å². The number of nitrogens with zero attached hydrogens (tertiary/aromatic N) is 3. The summed E-state index contributed by atoms with van der Waals surface area (Å²) >= 11 is 1.59. The van der Waals surface area contributed by atoms with Gasteiger partial charge in [-0.15, -0.1) is 22.0 Å². The predicted octanol–water partition coefficient (Wildman–Crippen LogP) is 5.32. The van der Waals surface area contributed by atoms with Crippen molar-refractivity contribution in [2.75, 3.05) is 5.94 Å². The molecule has 0 unspecified atom stereocenters. The molecule has 0 aliphatic heterocycles. The molecule has 0 atom stereocenters. The summed E-state index contributed by atoms with van der Waals surface area (Å²) in [6, 6.07) is 11.5. The van der Waals surface area contributed by atoms with Gasteiger partial charge < -0.3 is 13.9 Å². The largest absolute Gasteiger partial charge is 0.489 e. The molecule has 0 N–H and O–H groups in total. The molecule has 7 heteroatoms. The summed E-state index contributed by atoms with van der Waals surface area (Å²) in [7, 11) is 0. The summed E-state index contributed by atoms with van der Waals surface area (Å²) in [5, 5.41) is 8.26. The molecule has 30 heavy (non-hydrogen) atoms. The fraction of sp³-hybridized carbons (Fsp3) is 0.174. The molecule has 1 aromatic carbocycles. The Balaban J connectivity index is 1.24. The van der Waals surface area contributed by atoms with Crippen LogP contribution in [0.25, 0.3) is 11.5 Å². The van der Waals surface area contributed by atoms with E-state index in [1.165, 1.54) is 0 Å². The topological polar surface area (TPSA) is 70.3 Å². The van der Waals surface area contributed by atoms with E-state index in [1.807, 2.05) is 60.7 Å². The summed E-state index contributed by atoms with van der Waals surface area (Å²) in [5.74, 6) is 3.92. The molecule has 0 saturated carbocycles. The van der Waals surface area contributed by atoms with Crippen LogP contribution in [0.5, 0.6) is 5.75 Å². The predicted molar refractivity (Wildman–Crippen MR) is 117 cm³/mol. The van der Waals surface area contributed by atoms with Gasteiger partial charge in [-0.3, -0.25) is 4.98 Å². The molecule has 0 bridgehead atoms. The summed E-state index contributed by atoms with van der Waals surface area (Å²) < 4.78 is 17.3. The number of aromatic nitrogens is 3. The highest BCUT2D eigenvalue weighted by Crippen LogP contribution is 2.23. The molecule has 0 saturated heterocycles. The second-order valence-electron chi connectivity index (χ2n) is 6.44. The van der Waals surface area contributed by atoms with Crippen LogP contribution in [0.15, 0.2) is 89.3 Å². The van der Waals surface area contributed by atoms with Crippen LogP contribution in [0.3, 0.4) is 0 Å². The summed E-state index contributed by atoms with van der Waals surface area (Å²) in [6.45, 7) is 0.473. The molecule has 0 radical (unpaired) electrons. The van der Waals surface area contributed by atoms with Gasteiger partial charge in [-0.25, -0.2) is 0 Å². The third-order valence-corrected chi connectivity index (χ3v) is 4.94. The molecule has 0 amide bonds. The standard InChI is InChI=1S/C23H21N3O3S/c1-2-4-8-20(7-3-1)28-17-30-16-22-25-26-23(29-22)19-9-11-21(12-10-19)27-15-18-6-5-13-24-14-18/h1-7,9-14H,8,15-17H2. The van der Waals surface area contributed by atoms with E-state index in [9.17, 15) is 0 Å². The van der Waals surface area contributed by atoms with Gasteiger partial charge in [-0.1, -0.05) is 30.4 Å². The Labute approximate surface area is 179 Å². The van der Waals surface area contributed by atoms with Crippen molar-refractivity contribution >= 4 is 11.8 Å². The summed E-state index contributed by atoms with van der Waals surface area (Å²) in [6.07, 6.45) is 14.4. The monoisotopic (exact) mass is 419 g/mol. The lowest BCUT2D eigenvalue weighted by Crippen LogP contribution is -1.95. The second-order valence-corrected chi connectivity index (χ2v) is 7.37. The van der Waals surface area contributed by atoms with E-state index < -0.39 is 0 Å². The number of pyridine rings is 1. The lowest BCUT2D eigenvalue weighted by molar-refractivity contribution is 0.266. The number of hydrogen-bond donors (Lipinski definition) is 0. The Kier molecular flexibility index (Phi) is 6.96. The maximum atomic E-state index is 5.77. The molecule has 1 aliphatic carbocycles. The molecule has 2 heterocycles. The van der Waals surface area contributed by atoms with Gasteiger partial charge in [0.25, 0.3) is 0 Å². The molecule has 0 spiro atoms. The zero-order valence-corrected chi connectivity index (χ0v) is 17.1. The van der Waals surface area contributed by atoms with Gasteiger partial charge in [0.15, 0.2) is 0 Å². The van der Waals surface area contributed by atoms with E-state index in [2.05, 4.69) is 21.3 Å². The number of thioether (sulfide) groups is 1. The number of allylic oxidation sites excluding steroid dienone is 5. The van der Waals surface area contributed by atoms with E-state index in [4.69, 9.17) is 13.9 Å². The normalized spacial score (nSPS) is 13.0. The minimum absolute atomic E-state index is 0.473. The minimum atomic E-state index is 0.473. The van der Waals surface area contributed by atoms with Crippen LogP contribution in [0, 0.1) is 0 Å². The van der Waals surface area contributed by atoms with Crippen molar-refractivity contribution in [3.05, 3.63) is 96.4 Å². The van der Waals surface area contributed by atoms with Crippen LogP contribution in [0.1, 0.15) is 17.9 Å². The van der Waals surface area contributed by atoms with Gasteiger partial charge in [-0.05, 0) is 36.4 Å². The van der Waals surface area contributed by atoms with Crippen LogP contribution in [0.4, 0.5) is 0 Å². The molecule has 6 nitrogen and oxygen atoms in total. The van der Waals surface area contributed by atoms with E-state index in [0.717, 1.165) is 29.1 Å². The Hall–Kier alpha value is -3.32. The smallest absolute Gasteiger partial charge is 0.247 e. The van der Waals surface area contributed by atoms with Gasteiger partial charge in [0.2, 0.25) is 11.8 Å². The van der Waals surface area contributed by atoms with Gasteiger partial charge >= 0.3 is 0 Å². The average molecular weight is 420 g/mol. The van der Waals surface area contributed by atoms with Crippen LogP contribution < -0.4 is 4.74 Å². The third-order valence-electron chi connectivity index (χ3n) is 4.21. The number of benzene rings is 1. The lowest BCUT2D eigenvalue weighted by Gasteiger charge is -2.06. The first-order valence-corrected chi connectivity index (χ1v) is 10.7. The lowest BCUT2D eigenvalue weighted by atomic mass is 10.2. The summed E-state index contributed by atoms with van der Waals surface area (Å²) in [5.41, 5.74) is 1.87. The van der Waals surface area contributed by atoms with E-state index in [1.54, 1.807) is 24.2 Å². The molecule has 2 aromatic heterocycles. The molecule has 3 aromatic rings. The van der Waals surface area contributed by atoms with Gasteiger partial charge in [-0.2, -0.15) is 0 Å². The maximum absolute atomic E-state index is 5.77. The van der Waals surface area contributed by atoms with Crippen LogP contribution >= 0.6 is 11.8 Å². The van der Waals surface area contributed by atoms with E-state index >= 15 is 0 Å². The first-order valence-electron chi connectivity index (χ1n) is 9.54. The van der Waals surface area contributed by atoms with Crippen molar-refractivity contribution < 1.29 is 13.9 Å². The maximum Gasteiger partial charge on any atom is 0.247 e. The number of ether oxygens (including phenoxy) is 2. The van der Waals surface area contributed by atoms with Crippen LogP contribution in [0.2, 0.25) is 0 Å². The zero-order chi connectivity index (χ0) is 20.4. The SMILES string of the molecule is C1=CC=C(OCSCc2nnc(-c3ccc(OCc4cccnc4)cc3)o2)CC=C1. The Morgan fingerprint density at radius 2 is 1.93 bits per heavy atom. The van der Waals surface area contributed by atoms with Crippen LogP contribution in [-0.2, 0) is 17.1 Å². The first kappa shape index (κ1) is 20.0. The highest BCUT2D eigenvalue weighted by molar-refractivity contribution is 7.98. The molecule has 4 rings (SSSR count). The molecule has 0 fully saturated rings. The molecule has 152 valence electrons. The van der Waals surface area contributed by atoms with Gasteiger partial charge in [0, 0.05) is 29.9 Å². The van der Waals surface area contributed by atoms with Crippen molar-refractivity contribution in [3.63, 3.8) is 0 Å². The fourth-order valence-electron chi connectivity index (χ4n) is 2.68. The number of hydrogen-bond acceptors (Lipinski definition) is 7. The minimum Gasteiger partial charge on any atom is -0.489 e. The fourth-order valence-corrected chi connectivity index (χ4v) is 3.29. The Morgan fingerprint density at radius 3 is 2.80 bits per heavy atom. The average Bonchev–Trinajstić information content (AvgIpc) is 3.11. The van der Waals surface area contributed by atoms with E-state index in [-0.39, 0.29) is 0 Å². The zero-order valence-electron chi connectivity index (χ0n) is 16.3. The Bertz CT molecular complexity index is 1030. The van der Waals surface area contributed by atoms with Crippen molar-refractivity contribution in [1.82, 2.24) is 15.2 Å². The van der Waals surface area contributed by atoms with Crippen molar-refractivity contribution in [1.29, 1.82) is 0 Å². The highest BCUT2D eigenvalue weighted by atomic mass is 32.2. The molecular formula is C23H21N3O3S. The third kappa shape index (κ3) is 5.84. The van der Waals surface area contributed by atoms with Gasteiger partial charge in [0.05, 0.1) is 5.75 Å². The van der Waals surface area contributed by atoms with Crippen LogP contribution in [-0.4, -0.2) is 21.1 Å². The highest BCUT2D eigenvalue weighted by Gasteiger charge is 2.09. The molecular weight excluding hydrogens is 398 g/mol. The van der Waals surface area contributed by atoms with E-state index in [0.29, 0.717) is 30.1 Å². The van der Waals surface area contributed by atoms with Crippen molar-refractivity contribution in [2.45, 2.75) is 18.8 Å². The number of rotatable bonds is 9. The summed E-state index contributed by atoms with van der Waals surface area (Å²) in [4.78, 5) is 4.08. The van der Waals surface area contributed by atoms with Gasteiger partial charge in [0.1, 0.15) is 24.1 Å². The second kappa shape index (κ2) is 10.5. The molecule has 1 aliphatic rings. The first-order chi connectivity index (χ1) is 14.9. The quantitative estimate of drug-likeness (QED) is 0.343. The van der Waals surface area contributed by atoms with Crippen molar-refractivity contribution in [3.8, 4) is 17.2 Å².